The summed E-state index contributed by atoms with van der Waals surface area (Å²) in [7, 11) is 1.96. The second kappa shape index (κ2) is 8.36. The molecule has 100 valence electrons. The molecule has 0 radical (unpaired) electrons. The lowest BCUT2D eigenvalue weighted by Crippen LogP contribution is -2.43. The summed E-state index contributed by atoms with van der Waals surface area (Å²) in [5, 5.41) is 0. The average Bonchev–Trinajstić information content (AvgIpc) is 2.27. The van der Waals surface area contributed by atoms with Crippen LogP contribution in [-0.4, -0.2) is 48.1 Å². The highest BCUT2D eigenvalue weighted by Crippen LogP contribution is 2.11. The molecule has 0 unspecified atom stereocenters. The maximum Gasteiger partial charge on any atom is 0.185 e. The summed E-state index contributed by atoms with van der Waals surface area (Å²) in [4.78, 5) is 17.8. The Morgan fingerprint density at radius 1 is 1.41 bits per heavy atom. The van der Waals surface area contributed by atoms with Crippen LogP contribution in [0.2, 0.25) is 0 Å². The number of nitrogens with two attached hydrogens (primary N) is 2. The van der Waals surface area contributed by atoms with Crippen LogP contribution in [0.4, 0.5) is 0 Å². The van der Waals surface area contributed by atoms with Crippen LogP contribution in [-0.2, 0) is 4.79 Å². The molecule has 0 aromatic carbocycles. The van der Waals surface area contributed by atoms with Crippen molar-refractivity contribution in [1.82, 2.24) is 4.90 Å². The number of thiol groups is 1. The SMILES string of the molecule is CC(C)N(C)[C@@H](CCCN=C(N)N)C(=O)CS. The Kier molecular flexibility index (Phi) is 7.99. The predicted octanol–water partition coefficient (Wildman–Crippen LogP) is 0.248. The van der Waals surface area contributed by atoms with E-state index >= 15 is 0 Å². The molecular formula is C11H24N4OS. The minimum Gasteiger partial charge on any atom is -0.370 e. The largest absolute Gasteiger partial charge is 0.370 e. The quantitative estimate of drug-likeness (QED) is 0.253. The predicted molar refractivity (Wildman–Crippen MR) is 75.5 cm³/mol. The van der Waals surface area contributed by atoms with Crippen molar-refractivity contribution in [2.45, 2.75) is 38.8 Å². The second-order valence-electron chi connectivity index (χ2n) is 4.35. The number of guanidine groups is 1. The summed E-state index contributed by atoms with van der Waals surface area (Å²) in [5.41, 5.74) is 10.5. The number of Topliss-reactive ketones (excluding diaryl/α,β-unsaturated/α-hetero) is 1. The van der Waals surface area contributed by atoms with Crippen molar-refractivity contribution < 1.29 is 4.79 Å². The van der Waals surface area contributed by atoms with E-state index in [4.69, 9.17) is 11.5 Å². The van der Waals surface area contributed by atoms with E-state index in [-0.39, 0.29) is 23.5 Å². The fraction of sp³-hybridized carbons (Fsp3) is 0.818. The molecule has 0 amide bonds. The molecule has 0 aliphatic rings. The molecule has 0 rings (SSSR count). The number of hydrogen-bond acceptors (Lipinski definition) is 4. The third kappa shape index (κ3) is 6.53. The number of aliphatic imine (C=N–C) groups is 1. The van der Waals surface area contributed by atoms with Crippen LogP contribution in [0, 0.1) is 0 Å². The Morgan fingerprint density at radius 3 is 2.41 bits per heavy atom. The van der Waals surface area contributed by atoms with Gasteiger partial charge in [0.2, 0.25) is 0 Å². The number of hydrogen-bond donors (Lipinski definition) is 3. The number of carbonyl (C=O) groups excluding carboxylic acids is 1. The number of rotatable bonds is 8. The van der Waals surface area contributed by atoms with Crippen molar-refractivity contribution in [3.8, 4) is 0 Å². The van der Waals surface area contributed by atoms with Crippen LogP contribution in [0.25, 0.3) is 0 Å². The molecule has 0 spiro atoms. The van der Waals surface area contributed by atoms with Crippen molar-refractivity contribution >= 4 is 24.4 Å². The van der Waals surface area contributed by atoms with Gasteiger partial charge in [-0.1, -0.05) is 0 Å². The van der Waals surface area contributed by atoms with Crippen molar-refractivity contribution in [2.75, 3.05) is 19.3 Å². The second-order valence-corrected chi connectivity index (χ2v) is 4.66. The van der Waals surface area contributed by atoms with Gasteiger partial charge in [-0.2, -0.15) is 12.6 Å². The van der Waals surface area contributed by atoms with Gasteiger partial charge >= 0.3 is 0 Å². The van der Waals surface area contributed by atoms with E-state index in [0.29, 0.717) is 12.6 Å². The first-order valence-electron chi connectivity index (χ1n) is 5.81. The lowest BCUT2D eigenvalue weighted by Gasteiger charge is -2.29. The highest BCUT2D eigenvalue weighted by molar-refractivity contribution is 7.81. The molecule has 0 saturated heterocycles. The molecule has 1 atom stereocenters. The first kappa shape index (κ1) is 16.2. The van der Waals surface area contributed by atoms with Crippen LogP contribution >= 0.6 is 12.6 Å². The molecule has 0 aromatic rings. The maximum absolute atomic E-state index is 11.8. The topological polar surface area (TPSA) is 84.7 Å². The fourth-order valence-electron chi connectivity index (χ4n) is 1.55. The van der Waals surface area contributed by atoms with Crippen LogP contribution in [0.15, 0.2) is 4.99 Å². The van der Waals surface area contributed by atoms with Gasteiger partial charge < -0.3 is 11.5 Å². The molecule has 6 heteroatoms. The lowest BCUT2D eigenvalue weighted by molar-refractivity contribution is -0.122. The smallest absolute Gasteiger partial charge is 0.185 e. The van der Waals surface area contributed by atoms with Gasteiger partial charge in [-0.3, -0.25) is 14.7 Å². The van der Waals surface area contributed by atoms with E-state index in [2.05, 4.69) is 36.4 Å². The van der Waals surface area contributed by atoms with Gasteiger partial charge in [0.25, 0.3) is 0 Å². The zero-order valence-electron chi connectivity index (χ0n) is 10.9. The molecule has 0 aliphatic carbocycles. The maximum atomic E-state index is 11.8. The molecule has 0 fully saturated rings. The van der Waals surface area contributed by atoms with E-state index in [0.717, 1.165) is 12.8 Å². The van der Waals surface area contributed by atoms with Gasteiger partial charge in [-0.25, -0.2) is 0 Å². The molecule has 0 aromatic heterocycles. The van der Waals surface area contributed by atoms with Gasteiger partial charge in [0.05, 0.1) is 11.8 Å². The summed E-state index contributed by atoms with van der Waals surface area (Å²) in [6, 6.07) is 0.230. The Bertz CT molecular complexity index is 264. The molecule has 5 nitrogen and oxygen atoms in total. The van der Waals surface area contributed by atoms with Gasteiger partial charge in [0.1, 0.15) is 0 Å². The molecule has 4 N–H and O–H groups in total. The number of carbonyl (C=O) groups is 1. The molecule has 0 bridgehead atoms. The summed E-state index contributed by atoms with van der Waals surface area (Å²) in [6.45, 7) is 4.69. The average molecular weight is 260 g/mol. The third-order valence-electron chi connectivity index (χ3n) is 2.76. The zero-order chi connectivity index (χ0) is 13.4. The normalized spacial score (nSPS) is 12.8. The minimum absolute atomic E-state index is 0.0956. The zero-order valence-corrected chi connectivity index (χ0v) is 11.8. The van der Waals surface area contributed by atoms with Gasteiger partial charge in [0.15, 0.2) is 11.7 Å². The Labute approximate surface area is 109 Å². The van der Waals surface area contributed by atoms with Crippen molar-refractivity contribution in [2.24, 2.45) is 16.5 Å². The summed E-state index contributed by atoms with van der Waals surface area (Å²) in [5.74, 6) is 0.512. The monoisotopic (exact) mass is 260 g/mol. The van der Waals surface area contributed by atoms with Crippen LogP contribution < -0.4 is 11.5 Å². The Hall–Kier alpha value is -0.750. The van der Waals surface area contributed by atoms with Gasteiger partial charge in [-0.15, -0.1) is 0 Å². The van der Waals surface area contributed by atoms with Crippen molar-refractivity contribution in [3.05, 3.63) is 0 Å². The van der Waals surface area contributed by atoms with E-state index < -0.39 is 0 Å². The third-order valence-corrected chi connectivity index (χ3v) is 3.08. The van der Waals surface area contributed by atoms with Crippen molar-refractivity contribution in [3.63, 3.8) is 0 Å². The lowest BCUT2D eigenvalue weighted by atomic mass is 10.0. The number of nitrogens with zero attached hydrogens (tertiary/aromatic N) is 2. The van der Waals surface area contributed by atoms with Crippen LogP contribution in [0.3, 0.4) is 0 Å². The van der Waals surface area contributed by atoms with E-state index in [1.54, 1.807) is 0 Å². The molecule has 0 saturated carbocycles. The van der Waals surface area contributed by atoms with Crippen LogP contribution in [0.1, 0.15) is 26.7 Å². The summed E-state index contributed by atoms with van der Waals surface area (Å²) in [6.07, 6.45) is 1.55. The first-order chi connectivity index (χ1) is 7.90. The van der Waals surface area contributed by atoms with Crippen molar-refractivity contribution in [1.29, 1.82) is 0 Å². The highest BCUT2D eigenvalue weighted by atomic mass is 32.1. The Balaban J connectivity index is 4.30. The summed E-state index contributed by atoms with van der Waals surface area (Å²) >= 11 is 4.05. The standard InChI is InChI=1S/C11H24N4OS/c1-8(2)15(3)9(10(16)7-17)5-4-6-14-11(12)13/h8-9,17H,4-7H2,1-3H3,(H4,12,13,14)/t9-/m0/s1. The van der Waals surface area contributed by atoms with E-state index in [1.807, 2.05) is 7.05 Å². The van der Waals surface area contributed by atoms with Crippen LogP contribution in [0.5, 0.6) is 0 Å². The molecule has 0 aliphatic heterocycles. The fourth-order valence-corrected chi connectivity index (χ4v) is 1.76. The molecule has 17 heavy (non-hydrogen) atoms. The summed E-state index contributed by atoms with van der Waals surface area (Å²) < 4.78 is 0. The first-order valence-corrected chi connectivity index (χ1v) is 6.44. The minimum atomic E-state index is -0.0956. The molecule has 0 heterocycles. The van der Waals surface area contributed by atoms with E-state index in [1.165, 1.54) is 0 Å². The molecular weight excluding hydrogens is 236 g/mol. The highest BCUT2D eigenvalue weighted by Gasteiger charge is 2.22. The van der Waals surface area contributed by atoms with E-state index in [9.17, 15) is 4.79 Å². The Morgan fingerprint density at radius 2 is 2.00 bits per heavy atom. The van der Waals surface area contributed by atoms with Gasteiger partial charge in [-0.05, 0) is 33.7 Å². The number of likely N-dealkylation sites (N-methyl/N-ethyl adjacent to an activating group) is 1. The number of ketones is 1. The van der Waals surface area contributed by atoms with Gasteiger partial charge in [0, 0.05) is 12.6 Å².